The van der Waals surface area contributed by atoms with Gasteiger partial charge in [-0.05, 0) is 19.8 Å². The number of imidazole rings is 1. The van der Waals surface area contributed by atoms with Gasteiger partial charge in [-0.2, -0.15) is 9.97 Å². The van der Waals surface area contributed by atoms with Gasteiger partial charge in [-0.3, -0.25) is 4.57 Å². The maximum atomic E-state index is 12.9. The summed E-state index contributed by atoms with van der Waals surface area (Å²) < 4.78 is 31.7. The first kappa shape index (κ1) is 22.4. The quantitative estimate of drug-likeness (QED) is 0.485. The molecule has 4 atom stereocenters. The van der Waals surface area contributed by atoms with Gasteiger partial charge in [0.25, 0.3) is 0 Å². The zero-order valence-corrected chi connectivity index (χ0v) is 18.7. The number of methoxy groups -OCH3 is 1. The van der Waals surface area contributed by atoms with Crippen molar-refractivity contribution in [3.05, 3.63) is 11.5 Å². The normalized spacial score (nSPS) is 25.0. The molecule has 2 aromatic rings. The van der Waals surface area contributed by atoms with Crippen molar-refractivity contribution < 1.29 is 23.5 Å². The fourth-order valence-electron chi connectivity index (χ4n) is 3.07. The molecule has 0 saturated carbocycles. The van der Waals surface area contributed by atoms with E-state index in [1.165, 1.54) is 7.11 Å². The van der Waals surface area contributed by atoms with Gasteiger partial charge >= 0.3 is 7.60 Å². The van der Waals surface area contributed by atoms with Crippen LogP contribution in [-0.4, -0.2) is 55.2 Å². The Morgan fingerprint density at radius 2 is 2.17 bits per heavy atom. The second-order valence-electron chi connectivity index (χ2n) is 7.99. The molecule has 162 valence electrons. The van der Waals surface area contributed by atoms with E-state index >= 15 is 0 Å². The number of nitrogens with two attached hydrogens (primary N) is 1. The third-order valence-corrected chi connectivity index (χ3v) is 7.47. The lowest BCUT2D eigenvalue weighted by Crippen LogP contribution is -2.31. The van der Waals surface area contributed by atoms with E-state index in [9.17, 15) is 9.46 Å². The van der Waals surface area contributed by atoms with Gasteiger partial charge in [-0.1, -0.05) is 25.4 Å². The molecule has 29 heavy (non-hydrogen) atoms. The number of ether oxygens (including phenoxy) is 2. The maximum absolute atomic E-state index is 12.9. The smallest absolute Gasteiger partial charge is 0.357 e. The maximum Gasteiger partial charge on any atom is 0.357 e. The lowest BCUT2D eigenvalue weighted by molar-refractivity contribution is -0.0128. The van der Waals surface area contributed by atoms with Gasteiger partial charge in [-0.25, -0.2) is 4.98 Å². The lowest BCUT2D eigenvalue weighted by atomic mass is 9.95. The van der Waals surface area contributed by atoms with Gasteiger partial charge in [0.1, 0.15) is 11.6 Å². The van der Waals surface area contributed by atoms with Gasteiger partial charge in [0.15, 0.2) is 16.6 Å². The molecule has 1 aliphatic rings. The first-order valence-electron chi connectivity index (χ1n) is 9.30. The molecule has 1 fully saturated rings. The van der Waals surface area contributed by atoms with Gasteiger partial charge in [0, 0.05) is 13.5 Å². The predicted molar refractivity (Wildman–Crippen MR) is 109 cm³/mol. The van der Waals surface area contributed by atoms with Crippen molar-refractivity contribution in [1.29, 1.82) is 0 Å². The Bertz CT molecular complexity index is 936. The van der Waals surface area contributed by atoms with Crippen molar-refractivity contribution in [2.24, 2.45) is 5.92 Å². The highest BCUT2D eigenvalue weighted by molar-refractivity contribution is 7.53. The summed E-state index contributed by atoms with van der Waals surface area (Å²) in [4.78, 5) is 22.9. The van der Waals surface area contributed by atoms with Crippen LogP contribution in [0, 0.1) is 5.92 Å². The van der Waals surface area contributed by atoms with E-state index in [2.05, 4.69) is 15.0 Å². The molecule has 1 aliphatic heterocycles. The summed E-state index contributed by atoms with van der Waals surface area (Å²) in [5, 5.41) is 0.156. The Morgan fingerprint density at radius 3 is 2.79 bits per heavy atom. The molecule has 0 amide bonds. The van der Waals surface area contributed by atoms with E-state index in [1.807, 2.05) is 13.8 Å². The van der Waals surface area contributed by atoms with E-state index in [1.54, 1.807) is 24.7 Å². The number of hydrogen-bond donors (Lipinski definition) is 2. The van der Waals surface area contributed by atoms with E-state index in [4.69, 9.17) is 31.3 Å². The SMILES string of the molecule is COC1CC(P(=O)(O)OC(C)(C)C(C)C)OC1Cn1cnc2c(Cl)nc(N)nc21. The molecule has 3 rings (SSSR count). The van der Waals surface area contributed by atoms with Gasteiger partial charge in [-0.15, -0.1) is 0 Å². The molecule has 0 radical (unpaired) electrons. The van der Waals surface area contributed by atoms with Gasteiger partial charge in [0.2, 0.25) is 5.95 Å². The van der Waals surface area contributed by atoms with Gasteiger partial charge in [0.05, 0.1) is 24.6 Å². The van der Waals surface area contributed by atoms with Crippen molar-refractivity contribution >= 4 is 36.3 Å². The van der Waals surface area contributed by atoms with Crippen LogP contribution < -0.4 is 5.73 Å². The van der Waals surface area contributed by atoms with Crippen LogP contribution in [0.2, 0.25) is 5.15 Å². The van der Waals surface area contributed by atoms with Crippen LogP contribution in [0.3, 0.4) is 0 Å². The summed E-state index contributed by atoms with van der Waals surface area (Å²) in [7, 11) is -2.52. The number of nitrogen functional groups attached to an aromatic ring is 1. The topological polar surface area (TPSA) is 135 Å². The summed E-state index contributed by atoms with van der Waals surface area (Å²) in [6.07, 6.45) is 0.862. The second kappa shape index (κ2) is 8.09. The van der Waals surface area contributed by atoms with Crippen LogP contribution in [0.15, 0.2) is 6.33 Å². The molecule has 0 spiro atoms. The molecule has 0 aromatic carbocycles. The van der Waals surface area contributed by atoms with Crippen molar-refractivity contribution in [3.8, 4) is 0 Å². The Kier molecular flexibility index (Phi) is 6.25. The van der Waals surface area contributed by atoms with Crippen molar-refractivity contribution in [3.63, 3.8) is 0 Å². The number of rotatable bonds is 7. The number of anilines is 1. The Balaban J connectivity index is 1.80. The molecule has 2 aromatic heterocycles. The first-order valence-corrected chi connectivity index (χ1v) is 11.3. The largest absolute Gasteiger partial charge is 0.379 e. The van der Waals surface area contributed by atoms with Crippen molar-refractivity contribution in [1.82, 2.24) is 19.5 Å². The minimum absolute atomic E-state index is 0.0296. The molecule has 0 aliphatic carbocycles. The summed E-state index contributed by atoms with van der Waals surface area (Å²) in [6.45, 7) is 7.71. The minimum Gasteiger partial charge on any atom is -0.379 e. The summed E-state index contributed by atoms with van der Waals surface area (Å²) in [5.74, 6) is -0.916. The number of halogens is 1. The molecule has 4 unspecified atom stereocenters. The average molecular weight is 448 g/mol. The Morgan fingerprint density at radius 1 is 1.48 bits per heavy atom. The van der Waals surface area contributed by atoms with Crippen molar-refractivity contribution in [2.45, 2.75) is 64.3 Å². The summed E-state index contributed by atoms with van der Waals surface area (Å²) in [5.41, 5.74) is 5.78. The zero-order chi connectivity index (χ0) is 21.6. The van der Waals surface area contributed by atoms with Gasteiger partial charge < -0.3 is 29.2 Å². The molecule has 0 bridgehead atoms. The van der Waals surface area contributed by atoms with E-state index < -0.39 is 31.2 Å². The van der Waals surface area contributed by atoms with Crippen LogP contribution in [0.25, 0.3) is 11.2 Å². The van der Waals surface area contributed by atoms with E-state index in [0.717, 1.165) is 0 Å². The van der Waals surface area contributed by atoms with Crippen LogP contribution in [-0.2, 0) is 25.1 Å². The third-order valence-electron chi connectivity index (χ3n) is 5.42. The molecule has 12 heteroatoms. The van der Waals surface area contributed by atoms with E-state index in [0.29, 0.717) is 11.2 Å². The number of hydrogen-bond acceptors (Lipinski definition) is 8. The van der Waals surface area contributed by atoms with Crippen LogP contribution in [0.5, 0.6) is 0 Å². The second-order valence-corrected chi connectivity index (χ2v) is 10.2. The summed E-state index contributed by atoms with van der Waals surface area (Å²) in [6, 6.07) is 0. The molecule has 3 N–H and O–H groups in total. The van der Waals surface area contributed by atoms with Crippen LogP contribution >= 0.6 is 19.2 Å². The number of aromatic nitrogens is 4. The van der Waals surface area contributed by atoms with Crippen LogP contribution in [0.1, 0.15) is 34.1 Å². The first-order chi connectivity index (χ1) is 13.4. The molecular weight excluding hydrogens is 421 g/mol. The fraction of sp³-hybridized carbons (Fsp3) is 0.706. The van der Waals surface area contributed by atoms with E-state index in [-0.39, 0.29) is 30.0 Å². The molecule has 1 saturated heterocycles. The fourth-order valence-corrected chi connectivity index (χ4v) is 5.08. The average Bonchev–Trinajstić information content (AvgIpc) is 3.19. The molecule has 10 nitrogen and oxygen atoms in total. The number of fused-ring (bicyclic) bond motifs is 1. The molecule has 3 heterocycles. The summed E-state index contributed by atoms with van der Waals surface area (Å²) >= 11 is 6.07. The predicted octanol–water partition coefficient (Wildman–Crippen LogP) is 2.83. The molecular formula is C17H27ClN5O5P. The Hall–Kier alpha value is -1.29. The highest BCUT2D eigenvalue weighted by atomic mass is 35.5. The highest BCUT2D eigenvalue weighted by Gasteiger charge is 2.48. The standard InChI is InChI=1S/C17H27ClN5O5P/c1-9(2)17(3,4)28-29(24,25)12-6-10(26-5)11(27-12)7-23-8-20-13-14(18)21-16(19)22-15(13)23/h8-12H,6-7H2,1-5H3,(H,24,25)(H2,19,21,22). The zero-order valence-electron chi connectivity index (χ0n) is 17.1. The lowest BCUT2D eigenvalue weighted by Gasteiger charge is -2.33. The third kappa shape index (κ3) is 4.57. The Labute approximate surface area is 174 Å². The highest BCUT2D eigenvalue weighted by Crippen LogP contribution is 2.56. The minimum atomic E-state index is -4.05. The monoisotopic (exact) mass is 447 g/mol. The van der Waals surface area contributed by atoms with Crippen molar-refractivity contribution in [2.75, 3.05) is 12.8 Å². The number of nitrogens with zero attached hydrogens (tertiary/aromatic N) is 4. The van der Waals surface area contributed by atoms with Crippen LogP contribution in [0.4, 0.5) is 5.95 Å².